The first-order valence-corrected chi connectivity index (χ1v) is 5.63. The molecule has 5 heteroatoms. The molecule has 2 nitrogen and oxygen atoms in total. The second kappa shape index (κ2) is 3.65. The van der Waals surface area contributed by atoms with Crippen molar-refractivity contribution in [2.45, 2.75) is 6.92 Å². The fourth-order valence-electron chi connectivity index (χ4n) is 0.721. The predicted molar refractivity (Wildman–Crippen MR) is 56.5 cm³/mol. The Hall–Kier alpha value is 0.0800. The average molecular weight is 204 g/mol. The van der Waals surface area contributed by atoms with Crippen LogP contribution in [0.25, 0.3) is 0 Å². The van der Waals surface area contributed by atoms with E-state index in [-0.39, 0.29) is 0 Å². The zero-order valence-corrected chi connectivity index (χ0v) is 9.13. The van der Waals surface area contributed by atoms with Crippen molar-refractivity contribution in [1.82, 2.24) is 4.98 Å². The molecule has 0 amide bonds. The Bertz CT molecular complexity index is 282. The molecular formula is C6H9N2PS2. The van der Waals surface area contributed by atoms with Crippen LogP contribution in [0, 0.1) is 12.3 Å². The van der Waals surface area contributed by atoms with Crippen molar-refractivity contribution in [3.63, 3.8) is 0 Å². The van der Waals surface area contributed by atoms with Gasteiger partial charge in [-0.25, -0.2) is 4.98 Å². The van der Waals surface area contributed by atoms with E-state index < -0.39 is 0 Å². The molecule has 0 saturated heterocycles. The van der Waals surface area contributed by atoms with Gasteiger partial charge in [-0.1, -0.05) is 9.24 Å². The van der Waals surface area contributed by atoms with Crippen molar-refractivity contribution in [3.05, 3.63) is 10.6 Å². The zero-order chi connectivity index (χ0) is 8.43. The Labute approximate surface area is 76.5 Å². The van der Waals surface area contributed by atoms with Gasteiger partial charge in [-0.2, -0.15) is 0 Å². The Morgan fingerprint density at radius 2 is 2.36 bits per heavy atom. The molecule has 0 aromatic carbocycles. The fourth-order valence-corrected chi connectivity index (χ4v) is 2.65. The van der Waals surface area contributed by atoms with Crippen LogP contribution in [0.1, 0.15) is 10.6 Å². The minimum Gasteiger partial charge on any atom is -0.293 e. The van der Waals surface area contributed by atoms with Crippen molar-refractivity contribution in [2.24, 2.45) is 0 Å². The van der Waals surface area contributed by atoms with E-state index in [9.17, 15) is 0 Å². The van der Waals surface area contributed by atoms with Crippen LogP contribution in [0.5, 0.6) is 0 Å². The molecular weight excluding hydrogens is 195 g/mol. The maximum absolute atomic E-state index is 7.56. The number of rotatable bonds is 1. The number of hydrogen-bond donors (Lipinski definition) is 1. The van der Waals surface area contributed by atoms with E-state index in [2.05, 4.69) is 14.2 Å². The van der Waals surface area contributed by atoms with E-state index in [0.717, 1.165) is 15.3 Å². The summed E-state index contributed by atoms with van der Waals surface area (Å²) in [4.78, 5) is 5.20. The van der Waals surface area contributed by atoms with Gasteiger partial charge in [-0.05, 0) is 13.2 Å². The smallest absolute Gasteiger partial charge is 0.110 e. The summed E-state index contributed by atoms with van der Waals surface area (Å²) in [7, 11) is 2.55. The molecule has 0 aliphatic rings. The molecule has 1 rings (SSSR count). The highest BCUT2D eigenvalue weighted by Gasteiger charge is 2.08. The molecule has 1 N–H and O–H groups in total. The van der Waals surface area contributed by atoms with E-state index in [4.69, 9.17) is 5.41 Å². The van der Waals surface area contributed by atoms with Crippen LogP contribution < -0.4 is 4.75 Å². The maximum atomic E-state index is 7.56. The number of aryl methyl sites for hydroxylation is 1. The lowest BCUT2D eigenvalue weighted by molar-refractivity contribution is 1.29. The quantitative estimate of drug-likeness (QED) is 0.429. The molecule has 1 atom stereocenters. The number of thioether (sulfide) groups is 1. The van der Waals surface area contributed by atoms with Crippen LogP contribution >= 0.6 is 32.3 Å². The number of hydrogen-bond acceptors (Lipinski definition) is 4. The lowest BCUT2D eigenvalue weighted by Crippen LogP contribution is -1.90. The molecule has 1 aromatic rings. The van der Waals surface area contributed by atoms with Crippen molar-refractivity contribution in [2.75, 3.05) is 6.26 Å². The van der Waals surface area contributed by atoms with Crippen LogP contribution in [-0.4, -0.2) is 16.3 Å². The van der Waals surface area contributed by atoms with Gasteiger partial charge in [0.2, 0.25) is 0 Å². The predicted octanol–water partition coefficient (Wildman–Crippen LogP) is 1.64. The SMILES string of the molecule is CSC(=N)c1sc(P)nc1C. The molecule has 0 aliphatic heterocycles. The highest BCUT2D eigenvalue weighted by atomic mass is 32.2. The zero-order valence-electron chi connectivity index (χ0n) is 6.34. The molecule has 0 radical (unpaired) electrons. The molecule has 11 heavy (non-hydrogen) atoms. The molecule has 1 heterocycles. The van der Waals surface area contributed by atoms with Gasteiger partial charge < -0.3 is 0 Å². The first-order valence-electron chi connectivity index (χ1n) is 3.01. The largest absolute Gasteiger partial charge is 0.293 e. The number of thiazole rings is 1. The van der Waals surface area contributed by atoms with E-state index in [0.29, 0.717) is 5.04 Å². The van der Waals surface area contributed by atoms with Crippen LogP contribution in [0.2, 0.25) is 0 Å². The summed E-state index contributed by atoms with van der Waals surface area (Å²) in [6.07, 6.45) is 1.91. The standard InChI is InChI=1S/C6H9N2PS2/c1-3-4(5(7)10-2)11-6(9)8-3/h7H,9H2,1-2H3. The molecule has 1 unspecified atom stereocenters. The summed E-state index contributed by atoms with van der Waals surface area (Å²) >= 11 is 3.00. The molecule has 60 valence electrons. The molecule has 0 fully saturated rings. The van der Waals surface area contributed by atoms with Crippen LogP contribution in [0.3, 0.4) is 0 Å². The van der Waals surface area contributed by atoms with E-state index in [1.54, 1.807) is 11.3 Å². The van der Waals surface area contributed by atoms with E-state index >= 15 is 0 Å². The summed E-state index contributed by atoms with van der Waals surface area (Å²) in [6.45, 7) is 1.93. The molecule has 0 saturated carbocycles. The van der Waals surface area contributed by atoms with Gasteiger partial charge in [-0.3, -0.25) is 5.41 Å². The third-order valence-corrected chi connectivity index (χ3v) is 3.45. The average Bonchev–Trinajstić information content (AvgIpc) is 2.28. The highest BCUT2D eigenvalue weighted by Crippen LogP contribution is 2.17. The molecule has 0 bridgehead atoms. The summed E-state index contributed by atoms with van der Waals surface area (Å²) in [6, 6.07) is 0. The molecule has 0 aliphatic carbocycles. The first kappa shape index (κ1) is 9.17. The van der Waals surface area contributed by atoms with Crippen molar-refractivity contribution >= 4 is 42.1 Å². The van der Waals surface area contributed by atoms with Gasteiger partial charge >= 0.3 is 0 Å². The van der Waals surface area contributed by atoms with Crippen LogP contribution in [-0.2, 0) is 0 Å². The van der Waals surface area contributed by atoms with Gasteiger partial charge in [0.05, 0.1) is 10.6 Å². The Morgan fingerprint density at radius 1 is 1.73 bits per heavy atom. The summed E-state index contributed by atoms with van der Waals surface area (Å²) in [5, 5.41) is 8.16. The minimum atomic E-state index is 0.605. The van der Waals surface area contributed by atoms with Crippen molar-refractivity contribution in [1.29, 1.82) is 5.41 Å². The summed E-state index contributed by atoms with van der Waals surface area (Å²) < 4.78 is 0.955. The maximum Gasteiger partial charge on any atom is 0.110 e. The van der Waals surface area contributed by atoms with Gasteiger partial charge in [-0.15, -0.1) is 23.1 Å². The first-order chi connectivity index (χ1) is 5.15. The lowest BCUT2D eigenvalue weighted by Gasteiger charge is -1.94. The molecule has 1 aromatic heterocycles. The molecule has 0 spiro atoms. The Balaban J connectivity index is 3.03. The third kappa shape index (κ3) is 2.01. The van der Waals surface area contributed by atoms with Crippen molar-refractivity contribution in [3.8, 4) is 0 Å². The van der Waals surface area contributed by atoms with Crippen LogP contribution in [0.15, 0.2) is 0 Å². The highest BCUT2D eigenvalue weighted by molar-refractivity contribution is 8.14. The third-order valence-electron chi connectivity index (χ3n) is 1.22. The minimum absolute atomic E-state index is 0.605. The topological polar surface area (TPSA) is 36.7 Å². The van der Waals surface area contributed by atoms with Crippen LogP contribution in [0.4, 0.5) is 0 Å². The van der Waals surface area contributed by atoms with Gasteiger partial charge in [0.25, 0.3) is 0 Å². The second-order valence-electron chi connectivity index (χ2n) is 2.00. The van der Waals surface area contributed by atoms with Gasteiger partial charge in [0, 0.05) is 0 Å². The fraction of sp³-hybridized carbons (Fsp3) is 0.333. The summed E-state index contributed by atoms with van der Waals surface area (Å²) in [5.74, 6) is 0. The van der Waals surface area contributed by atoms with E-state index in [1.165, 1.54) is 11.8 Å². The Kier molecular flexibility index (Phi) is 3.05. The Morgan fingerprint density at radius 3 is 2.73 bits per heavy atom. The number of nitrogens with one attached hydrogen (secondary N) is 1. The van der Waals surface area contributed by atoms with Gasteiger partial charge in [0.1, 0.15) is 9.79 Å². The number of nitrogens with zero attached hydrogens (tertiary/aromatic N) is 1. The normalized spacial score (nSPS) is 10.1. The van der Waals surface area contributed by atoms with E-state index in [1.807, 2.05) is 13.2 Å². The monoisotopic (exact) mass is 204 g/mol. The number of aromatic nitrogens is 1. The second-order valence-corrected chi connectivity index (χ2v) is 4.81. The van der Waals surface area contributed by atoms with Gasteiger partial charge in [0.15, 0.2) is 0 Å². The van der Waals surface area contributed by atoms with Crippen molar-refractivity contribution < 1.29 is 0 Å². The lowest BCUT2D eigenvalue weighted by atomic mass is 10.4. The summed E-state index contributed by atoms with van der Waals surface area (Å²) in [5.41, 5.74) is 0.958.